The van der Waals surface area contributed by atoms with E-state index in [4.69, 9.17) is 0 Å². The van der Waals surface area contributed by atoms with Crippen LogP contribution >= 0.6 is 15.9 Å². The minimum atomic E-state index is -3.94. The molecular formula is C32H35BrN4O5S. The van der Waals surface area contributed by atoms with E-state index in [0.717, 1.165) is 15.6 Å². The van der Waals surface area contributed by atoms with Crippen molar-refractivity contribution in [1.82, 2.24) is 19.8 Å². The van der Waals surface area contributed by atoms with E-state index in [9.17, 15) is 22.8 Å². The largest absolute Gasteiger partial charge is 0.351 e. The van der Waals surface area contributed by atoms with Gasteiger partial charge in [-0.3, -0.25) is 14.4 Å². The predicted molar refractivity (Wildman–Crippen MR) is 168 cm³/mol. The summed E-state index contributed by atoms with van der Waals surface area (Å²) < 4.78 is 29.4. The Morgan fingerprint density at radius 2 is 1.58 bits per heavy atom. The van der Waals surface area contributed by atoms with Gasteiger partial charge in [0.05, 0.1) is 11.4 Å². The Bertz CT molecular complexity index is 1540. The molecule has 0 bridgehead atoms. The fourth-order valence-electron chi connectivity index (χ4n) is 4.71. The first-order chi connectivity index (χ1) is 20.6. The molecule has 0 radical (unpaired) electrons. The van der Waals surface area contributed by atoms with E-state index in [1.54, 1.807) is 60.7 Å². The van der Waals surface area contributed by atoms with Crippen molar-refractivity contribution in [3.8, 4) is 0 Å². The molecule has 11 heteroatoms. The van der Waals surface area contributed by atoms with Crippen molar-refractivity contribution >= 4 is 43.7 Å². The normalized spacial score (nSPS) is 18.7. The van der Waals surface area contributed by atoms with Gasteiger partial charge in [0.2, 0.25) is 27.7 Å². The van der Waals surface area contributed by atoms with Crippen LogP contribution in [0.25, 0.3) is 0 Å². The number of aryl methyl sites for hydroxylation is 1. The smallest absolute Gasteiger partial charge is 0.247 e. The molecule has 1 aliphatic rings. The van der Waals surface area contributed by atoms with Crippen LogP contribution in [-0.2, 0) is 30.8 Å². The van der Waals surface area contributed by atoms with Gasteiger partial charge in [-0.15, -0.1) is 0 Å². The first-order valence-corrected chi connectivity index (χ1v) is 16.2. The Kier molecular flexibility index (Phi) is 11.3. The van der Waals surface area contributed by atoms with Gasteiger partial charge in [0.15, 0.2) is 0 Å². The van der Waals surface area contributed by atoms with Crippen LogP contribution in [0.3, 0.4) is 0 Å². The molecule has 1 heterocycles. The lowest BCUT2D eigenvalue weighted by atomic mass is 10.0. The summed E-state index contributed by atoms with van der Waals surface area (Å²) in [6, 6.07) is 22.1. The third-order valence-corrected chi connectivity index (χ3v) is 9.51. The Balaban J connectivity index is 1.69. The fourth-order valence-corrected chi connectivity index (χ4v) is 6.37. The van der Waals surface area contributed by atoms with Gasteiger partial charge in [0.1, 0.15) is 6.04 Å². The van der Waals surface area contributed by atoms with Gasteiger partial charge < -0.3 is 15.5 Å². The molecule has 1 atom stereocenters. The van der Waals surface area contributed by atoms with Crippen LogP contribution in [0, 0.1) is 6.92 Å². The van der Waals surface area contributed by atoms with Crippen molar-refractivity contribution in [3.05, 3.63) is 112 Å². The number of nitrogens with one attached hydrogen (secondary N) is 2. The quantitative estimate of drug-likeness (QED) is 0.389. The van der Waals surface area contributed by atoms with Crippen molar-refractivity contribution in [2.75, 3.05) is 32.7 Å². The first kappa shape index (κ1) is 32.1. The molecule has 0 saturated carbocycles. The van der Waals surface area contributed by atoms with Gasteiger partial charge in [0, 0.05) is 37.1 Å². The van der Waals surface area contributed by atoms with Crippen molar-refractivity contribution in [1.29, 1.82) is 0 Å². The summed E-state index contributed by atoms with van der Waals surface area (Å²) in [6.07, 6.45) is 3.61. The maximum absolute atomic E-state index is 14.0. The predicted octanol–water partition coefficient (Wildman–Crippen LogP) is 3.75. The van der Waals surface area contributed by atoms with Gasteiger partial charge in [-0.25, -0.2) is 8.42 Å². The summed E-state index contributed by atoms with van der Waals surface area (Å²) in [5.74, 6) is -1.29. The summed E-state index contributed by atoms with van der Waals surface area (Å²) in [5.41, 5.74) is 2.47. The molecule has 1 aliphatic heterocycles. The molecule has 1 unspecified atom stereocenters. The third-order valence-electron chi connectivity index (χ3n) is 7.10. The molecule has 0 spiro atoms. The number of nitrogens with zero attached hydrogens (tertiary/aromatic N) is 2. The maximum Gasteiger partial charge on any atom is 0.247 e. The number of hydrogen-bond acceptors (Lipinski definition) is 5. The lowest BCUT2D eigenvalue weighted by Crippen LogP contribution is -2.47. The zero-order valence-electron chi connectivity index (χ0n) is 23.9. The number of halogens is 1. The standard InChI is InChI=1S/C32H35BrN4O5S/c1-24-9-15-28(16-10-24)43(41,42)36-20-6-5-19-34-29(38)23-35-32(40)31(26-7-3-2-4-8-26)37(30(39)18-21-36)22-17-25-11-13-27(33)14-12-25/h2-16,31H,17-23H2,1H3,(H,34,38)(H,35,40)/b6-5-. The van der Waals surface area contributed by atoms with Crippen LogP contribution in [0.15, 0.2) is 100 Å². The van der Waals surface area contributed by atoms with Crippen LogP contribution in [0.1, 0.15) is 29.2 Å². The van der Waals surface area contributed by atoms with Crippen molar-refractivity contribution < 1.29 is 22.8 Å². The number of benzene rings is 3. The van der Waals surface area contributed by atoms with Crippen LogP contribution in [0.4, 0.5) is 0 Å². The van der Waals surface area contributed by atoms with E-state index in [-0.39, 0.29) is 49.9 Å². The second kappa shape index (κ2) is 15.1. The number of carbonyl (C=O) groups is 3. The zero-order chi connectivity index (χ0) is 30.8. The van der Waals surface area contributed by atoms with Crippen LogP contribution in [0.5, 0.6) is 0 Å². The van der Waals surface area contributed by atoms with Gasteiger partial charge in [-0.1, -0.05) is 88.2 Å². The Labute approximate surface area is 261 Å². The number of carbonyl (C=O) groups excluding carboxylic acids is 3. The van der Waals surface area contributed by atoms with Gasteiger partial charge >= 0.3 is 0 Å². The topological polar surface area (TPSA) is 116 Å². The highest BCUT2D eigenvalue weighted by molar-refractivity contribution is 9.10. The third kappa shape index (κ3) is 8.85. The van der Waals surface area contributed by atoms with E-state index in [1.807, 2.05) is 37.3 Å². The van der Waals surface area contributed by atoms with Gasteiger partial charge in [-0.05, 0) is 48.7 Å². The molecule has 3 amide bonds. The molecule has 0 aliphatic carbocycles. The summed E-state index contributed by atoms with van der Waals surface area (Å²) in [7, 11) is -3.94. The first-order valence-electron chi connectivity index (χ1n) is 14.0. The highest BCUT2D eigenvalue weighted by Gasteiger charge is 2.33. The number of amides is 3. The van der Waals surface area contributed by atoms with Crippen LogP contribution < -0.4 is 10.6 Å². The molecule has 0 aromatic heterocycles. The number of rotatable bonds is 6. The van der Waals surface area contributed by atoms with Gasteiger partial charge in [-0.2, -0.15) is 4.31 Å². The van der Waals surface area contributed by atoms with E-state index in [1.165, 1.54) is 9.21 Å². The molecular weight excluding hydrogens is 632 g/mol. The molecule has 226 valence electrons. The summed E-state index contributed by atoms with van der Waals surface area (Å²) in [4.78, 5) is 41.7. The van der Waals surface area contributed by atoms with Gasteiger partial charge in [0.25, 0.3) is 0 Å². The van der Waals surface area contributed by atoms with E-state index in [2.05, 4.69) is 26.6 Å². The van der Waals surface area contributed by atoms with E-state index < -0.39 is 27.9 Å². The monoisotopic (exact) mass is 666 g/mol. The molecule has 43 heavy (non-hydrogen) atoms. The van der Waals surface area contributed by atoms with Crippen molar-refractivity contribution in [3.63, 3.8) is 0 Å². The molecule has 9 nitrogen and oxygen atoms in total. The fraction of sp³-hybridized carbons (Fsp3) is 0.281. The number of hydrogen-bond donors (Lipinski definition) is 2. The van der Waals surface area contributed by atoms with Crippen LogP contribution in [0.2, 0.25) is 0 Å². The molecule has 4 rings (SSSR count). The van der Waals surface area contributed by atoms with E-state index in [0.29, 0.717) is 12.0 Å². The highest BCUT2D eigenvalue weighted by atomic mass is 79.9. The lowest BCUT2D eigenvalue weighted by molar-refractivity contribution is -0.141. The Morgan fingerprint density at radius 1 is 0.884 bits per heavy atom. The summed E-state index contributed by atoms with van der Waals surface area (Å²) in [5, 5.41) is 5.38. The molecule has 2 N–H and O–H groups in total. The zero-order valence-corrected chi connectivity index (χ0v) is 26.3. The Morgan fingerprint density at radius 3 is 2.28 bits per heavy atom. The second-order valence-electron chi connectivity index (χ2n) is 10.2. The minimum absolute atomic E-state index is 0.0115. The molecule has 0 fully saturated rings. The second-order valence-corrected chi connectivity index (χ2v) is 13.0. The summed E-state index contributed by atoms with van der Waals surface area (Å²) >= 11 is 3.44. The maximum atomic E-state index is 14.0. The lowest BCUT2D eigenvalue weighted by Gasteiger charge is -2.32. The minimum Gasteiger partial charge on any atom is -0.351 e. The SMILES string of the molecule is Cc1ccc(S(=O)(=O)N2C/C=C\CNC(=O)CNC(=O)C(c3ccccc3)N(CCc3ccc(Br)cc3)C(=O)CC2)cc1. The highest BCUT2D eigenvalue weighted by Crippen LogP contribution is 2.24. The van der Waals surface area contributed by atoms with Crippen molar-refractivity contribution in [2.45, 2.75) is 30.7 Å². The molecule has 0 saturated heterocycles. The Hall–Kier alpha value is -3.80. The number of sulfonamides is 1. The molecule has 3 aromatic rings. The summed E-state index contributed by atoms with van der Waals surface area (Å²) in [6.45, 7) is 1.89. The van der Waals surface area contributed by atoms with E-state index >= 15 is 0 Å². The average molecular weight is 668 g/mol. The van der Waals surface area contributed by atoms with Crippen LogP contribution in [-0.4, -0.2) is 68.1 Å². The molecule has 3 aromatic carbocycles. The average Bonchev–Trinajstić information content (AvgIpc) is 3.00. The van der Waals surface area contributed by atoms with Crippen molar-refractivity contribution in [2.24, 2.45) is 0 Å².